The Morgan fingerprint density at radius 3 is 2.04 bits per heavy atom. The van der Waals surface area contributed by atoms with Gasteiger partial charge in [0.1, 0.15) is 6.04 Å². The highest BCUT2D eigenvalue weighted by atomic mass is 31.2. The first-order chi connectivity index (χ1) is 11.0. The van der Waals surface area contributed by atoms with Crippen LogP contribution in [0.3, 0.4) is 0 Å². The summed E-state index contributed by atoms with van der Waals surface area (Å²) < 4.78 is 28.8. The number of carbonyl (C=O) groups is 2. The van der Waals surface area contributed by atoms with Gasteiger partial charge in [0, 0.05) is 7.05 Å². The summed E-state index contributed by atoms with van der Waals surface area (Å²) in [6.45, 7) is 10.7. The minimum atomic E-state index is -3.36. The second-order valence-corrected chi connectivity index (χ2v) is 8.02. The summed E-state index contributed by atoms with van der Waals surface area (Å²) in [6.07, 6.45) is 1.60. The van der Waals surface area contributed by atoms with Crippen LogP contribution in [-0.4, -0.2) is 55.3 Å². The predicted molar refractivity (Wildman–Crippen MR) is 92.9 cm³/mol. The van der Waals surface area contributed by atoms with Gasteiger partial charge < -0.3 is 18.7 Å². The number of ether oxygens (including phenoxy) is 1. The minimum Gasteiger partial charge on any atom is -0.464 e. The highest BCUT2D eigenvalue weighted by Gasteiger charge is 2.29. The number of likely N-dealkylation sites (N-methyl/N-ethyl adjacent to an activating group) is 1. The molecule has 0 aromatic carbocycles. The molecule has 0 spiro atoms. The molecular formula is C16H30NO6P. The van der Waals surface area contributed by atoms with Crippen LogP contribution < -0.4 is 0 Å². The molecule has 0 rings (SSSR count). The van der Waals surface area contributed by atoms with Gasteiger partial charge in [-0.25, -0.2) is 4.79 Å². The van der Waals surface area contributed by atoms with Crippen LogP contribution in [0.5, 0.6) is 0 Å². The van der Waals surface area contributed by atoms with Crippen LogP contribution in [0.4, 0.5) is 0 Å². The van der Waals surface area contributed by atoms with Crippen LogP contribution in [0.2, 0.25) is 0 Å². The fourth-order valence-corrected chi connectivity index (χ4v) is 4.21. The summed E-state index contributed by atoms with van der Waals surface area (Å²) in [5.74, 6) is -0.546. The molecule has 0 aliphatic heterocycles. The third kappa shape index (κ3) is 8.62. The van der Waals surface area contributed by atoms with Gasteiger partial charge in [0.05, 0.1) is 25.0 Å². The van der Waals surface area contributed by atoms with E-state index in [1.165, 1.54) is 11.9 Å². The maximum atomic E-state index is 12.9. The molecule has 0 aromatic rings. The summed E-state index contributed by atoms with van der Waals surface area (Å²) in [4.78, 5) is 24.2. The summed E-state index contributed by atoms with van der Waals surface area (Å²) in [5, 5.41) is 0. The number of hydrogen-bond donors (Lipinski definition) is 0. The van der Waals surface area contributed by atoms with E-state index < -0.39 is 19.6 Å². The maximum absolute atomic E-state index is 12.9. The molecule has 0 aliphatic carbocycles. The Balaban J connectivity index is 5.37. The Bertz CT molecular complexity index is 475. The molecule has 1 atom stereocenters. The van der Waals surface area contributed by atoms with Crippen LogP contribution in [-0.2, 0) is 27.9 Å². The molecule has 0 bridgehead atoms. The molecule has 7 nitrogen and oxygen atoms in total. The van der Waals surface area contributed by atoms with Crippen molar-refractivity contribution in [2.45, 2.75) is 59.8 Å². The van der Waals surface area contributed by atoms with E-state index in [0.717, 1.165) is 0 Å². The van der Waals surface area contributed by atoms with Gasteiger partial charge in [-0.3, -0.25) is 9.36 Å². The van der Waals surface area contributed by atoms with E-state index in [1.807, 2.05) is 0 Å². The van der Waals surface area contributed by atoms with Crippen molar-refractivity contribution in [2.24, 2.45) is 0 Å². The van der Waals surface area contributed by atoms with E-state index in [2.05, 4.69) is 0 Å². The summed E-state index contributed by atoms with van der Waals surface area (Å²) in [5.41, 5.74) is 0.617. The standard InChI is InChI=1S/C16H30NO6P/c1-8-21-16(19)15(17(7)11-18)9-14(6)10-24(20,22-12(2)3)23-13(4)5/h9,11-13,15H,8,10H2,1-7H3. The molecule has 0 saturated heterocycles. The molecule has 0 aliphatic rings. The molecule has 0 fully saturated rings. The van der Waals surface area contributed by atoms with Crippen molar-refractivity contribution in [3.8, 4) is 0 Å². The Morgan fingerprint density at radius 2 is 1.67 bits per heavy atom. The van der Waals surface area contributed by atoms with Gasteiger partial charge in [0.2, 0.25) is 6.41 Å². The number of hydrogen-bond acceptors (Lipinski definition) is 6. The molecule has 1 unspecified atom stereocenters. The topological polar surface area (TPSA) is 82.1 Å². The molecule has 24 heavy (non-hydrogen) atoms. The zero-order valence-electron chi connectivity index (χ0n) is 15.6. The van der Waals surface area contributed by atoms with Crippen LogP contribution in [0.25, 0.3) is 0 Å². The lowest BCUT2D eigenvalue weighted by Crippen LogP contribution is -2.37. The fourth-order valence-electron chi connectivity index (χ4n) is 2.01. The summed E-state index contributed by atoms with van der Waals surface area (Å²) >= 11 is 0. The number of allylic oxidation sites excluding steroid dienone is 1. The average molecular weight is 363 g/mol. The maximum Gasteiger partial charge on any atom is 0.335 e. The van der Waals surface area contributed by atoms with Crippen molar-refractivity contribution in [1.82, 2.24) is 4.90 Å². The van der Waals surface area contributed by atoms with E-state index in [-0.39, 0.29) is 25.0 Å². The number of nitrogens with zero attached hydrogens (tertiary/aromatic N) is 1. The Labute approximate surface area is 144 Å². The highest BCUT2D eigenvalue weighted by Crippen LogP contribution is 2.51. The van der Waals surface area contributed by atoms with Gasteiger partial charge in [-0.05, 0) is 41.5 Å². The Kier molecular flexibility index (Phi) is 10.1. The van der Waals surface area contributed by atoms with Gasteiger partial charge >= 0.3 is 13.6 Å². The van der Waals surface area contributed by atoms with E-state index in [1.54, 1.807) is 47.6 Å². The van der Waals surface area contributed by atoms with E-state index in [0.29, 0.717) is 12.0 Å². The van der Waals surface area contributed by atoms with Crippen LogP contribution in [0, 0.1) is 0 Å². The number of rotatable bonds is 11. The summed E-state index contributed by atoms with van der Waals surface area (Å²) in [7, 11) is -1.88. The zero-order chi connectivity index (χ0) is 18.9. The monoisotopic (exact) mass is 363 g/mol. The van der Waals surface area contributed by atoms with Gasteiger partial charge in [0.15, 0.2) is 0 Å². The van der Waals surface area contributed by atoms with E-state index in [4.69, 9.17) is 13.8 Å². The van der Waals surface area contributed by atoms with Crippen LogP contribution in [0.1, 0.15) is 41.5 Å². The average Bonchev–Trinajstić information content (AvgIpc) is 2.41. The number of carbonyl (C=O) groups excluding carboxylic acids is 2. The van der Waals surface area contributed by atoms with Crippen LogP contribution in [0.15, 0.2) is 11.6 Å². The molecular weight excluding hydrogens is 333 g/mol. The fraction of sp³-hybridized carbons (Fsp3) is 0.750. The van der Waals surface area contributed by atoms with E-state index >= 15 is 0 Å². The molecule has 0 heterocycles. The second kappa shape index (κ2) is 10.6. The van der Waals surface area contributed by atoms with Crippen LogP contribution >= 0.6 is 7.60 Å². The van der Waals surface area contributed by atoms with Crippen molar-refractivity contribution in [3.05, 3.63) is 11.6 Å². The third-order valence-electron chi connectivity index (χ3n) is 2.76. The molecule has 0 aromatic heterocycles. The smallest absolute Gasteiger partial charge is 0.335 e. The lowest BCUT2D eigenvalue weighted by Gasteiger charge is -2.24. The molecule has 0 N–H and O–H groups in total. The van der Waals surface area contributed by atoms with Gasteiger partial charge in [0.25, 0.3) is 0 Å². The Hall–Kier alpha value is -1.17. The number of amides is 1. The molecule has 1 amide bonds. The predicted octanol–water partition coefficient (Wildman–Crippen LogP) is 3.00. The minimum absolute atomic E-state index is 0.0337. The van der Waals surface area contributed by atoms with Crippen molar-refractivity contribution in [3.63, 3.8) is 0 Å². The SMILES string of the molecule is CCOC(=O)C(C=C(C)CP(=O)(OC(C)C)OC(C)C)N(C)C=O. The van der Waals surface area contributed by atoms with Gasteiger partial charge in [-0.1, -0.05) is 11.6 Å². The van der Waals surface area contributed by atoms with E-state index in [9.17, 15) is 14.2 Å². The van der Waals surface area contributed by atoms with Gasteiger partial charge in [-0.2, -0.15) is 0 Å². The normalized spacial score (nSPS) is 14.0. The lowest BCUT2D eigenvalue weighted by molar-refractivity contribution is -0.149. The van der Waals surface area contributed by atoms with Gasteiger partial charge in [-0.15, -0.1) is 0 Å². The first-order valence-electron chi connectivity index (χ1n) is 8.01. The number of esters is 1. The highest BCUT2D eigenvalue weighted by molar-refractivity contribution is 7.54. The quantitative estimate of drug-likeness (QED) is 0.243. The summed E-state index contributed by atoms with van der Waals surface area (Å²) in [6, 6.07) is -0.881. The largest absolute Gasteiger partial charge is 0.464 e. The van der Waals surface area contributed by atoms with Crippen molar-refractivity contribution >= 4 is 20.0 Å². The first kappa shape index (κ1) is 22.8. The van der Waals surface area contributed by atoms with Crippen molar-refractivity contribution < 1.29 is 27.9 Å². The third-order valence-corrected chi connectivity index (χ3v) is 5.13. The molecule has 140 valence electrons. The molecule has 0 radical (unpaired) electrons. The first-order valence-corrected chi connectivity index (χ1v) is 9.74. The second-order valence-electron chi connectivity index (χ2n) is 6.06. The van der Waals surface area contributed by atoms with Crippen molar-refractivity contribution in [1.29, 1.82) is 0 Å². The molecule has 0 saturated carbocycles. The van der Waals surface area contributed by atoms with Crippen molar-refractivity contribution in [2.75, 3.05) is 19.8 Å². The Morgan fingerprint density at radius 1 is 1.17 bits per heavy atom. The zero-order valence-corrected chi connectivity index (χ0v) is 16.5. The molecule has 8 heteroatoms. The lowest BCUT2D eigenvalue weighted by atomic mass is 10.2.